The quantitative estimate of drug-likeness (QED) is 0.101. The van der Waals surface area contributed by atoms with Gasteiger partial charge in [-0.15, -0.1) is 4.48 Å². The van der Waals surface area contributed by atoms with Crippen LogP contribution in [0.5, 0.6) is 0 Å². The van der Waals surface area contributed by atoms with E-state index in [1.54, 1.807) is 6.20 Å². The molecular formula is C41H61N5O8P+. The van der Waals surface area contributed by atoms with E-state index < -0.39 is 41.9 Å². The van der Waals surface area contributed by atoms with Gasteiger partial charge in [-0.1, -0.05) is 106 Å². The summed E-state index contributed by atoms with van der Waals surface area (Å²) >= 11 is 0. The predicted molar refractivity (Wildman–Crippen MR) is 210 cm³/mol. The van der Waals surface area contributed by atoms with Gasteiger partial charge in [0.25, 0.3) is 0 Å². The maximum atomic E-state index is 14.6. The van der Waals surface area contributed by atoms with E-state index in [4.69, 9.17) is 19.5 Å². The van der Waals surface area contributed by atoms with Gasteiger partial charge in [0.05, 0.1) is 12.3 Å². The first-order valence-corrected chi connectivity index (χ1v) is 21.4. The molecule has 3 aliphatic rings. The normalized spacial score (nSPS) is 21.8. The summed E-state index contributed by atoms with van der Waals surface area (Å²) in [5, 5.41) is 17.6. The van der Waals surface area contributed by atoms with Crippen LogP contribution in [0.2, 0.25) is 0 Å². The minimum Gasteiger partial charge on any atom is -0.379 e. The number of nitrogens with two attached hydrogens (primary N) is 1. The van der Waals surface area contributed by atoms with Crippen LogP contribution in [0.15, 0.2) is 72.6 Å². The van der Waals surface area contributed by atoms with Crippen LogP contribution >= 0.6 is 7.60 Å². The summed E-state index contributed by atoms with van der Waals surface area (Å²) in [6.07, 6.45) is 11.3. The van der Waals surface area contributed by atoms with Crippen LogP contribution < -0.4 is 16.4 Å². The van der Waals surface area contributed by atoms with Gasteiger partial charge in [-0.05, 0) is 43.2 Å². The number of imide groups is 2. The second-order valence-corrected chi connectivity index (χ2v) is 17.8. The molecule has 2 unspecified atom stereocenters. The van der Waals surface area contributed by atoms with Crippen molar-refractivity contribution in [3.05, 3.63) is 83.7 Å². The highest BCUT2D eigenvalue weighted by Crippen LogP contribution is 2.52. The van der Waals surface area contributed by atoms with Crippen molar-refractivity contribution in [2.24, 2.45) is 17.6 Å². The van der Waals surface area contributed by atoms with Gasteiger partial charge in [0, 0.05) is 45.1 Å². The first kappa shape index (κ1) is 42.9. The van der Waals surface area contributed by atoms with Crippen molar-refractivity contribution in [1.82, 2.24) is 15.5 Å². The van der Waals surface area contributed by atoms with Crippen molar-refractivity contribution in [3.8, 4) is 0 Å². The van der Waals surface area contributed by atoms with Crippen LogP contribution in [0.4, 0.5) is 4.79 Å². The molecule has 0 spiro atoms. The molecule has 0 aromatic heterocycles. The summed E-state index contributed by atoms with van der Waals surface area (Å²) in [6, 6.07) is 16.3. The lowest BCUT2D eigenvalue weighted by Gasteiger charge is -2.34. The van der Waals surface area contributed by atoms with Gasteiger partial charge in [0.1, 0.15) is 19.0 Å². The zero-order valence-electron chi connectivity index (χ0n) is 32.6. The Morgan fingerprint density at radius 2 is 1.51 bits per heavy atom. The fraction of sp³-hybridized carbons (Fsp3) is 0.585. The Morgan fingerprint density at radius 1 is 0.909 bits per heavy atom. The number of ether oxygens (including phenoxy) is 1. The third-order valence-corrected chi connectivity index (χ3v) is 13.4. The summed E-state index contributed by atoms with van der Waals surface area (Å²) in [5.74, 6) is -2.31. The zero-order valence-corrected chi connectivity index (χ0v) is 33.5. The Morgan fingerprint density at radius 3 is 2.13 bits per heavy atom. The third kappa shape index (κ3) is 11.2. The predicted octanol–water partition coefficient (Wildman–Crippen LogP) is 6.13. The molecule has 2 aliphatic carbocycles. The van der Waals surface area contributed by atoms with E-state index in [1.165, 1.54) is 20.6 Å². The smallest absolute Gasteiger partial charge is 0.379 e. The average molecular weight is 783 g/mol. The molecule has 1 aliphatic heterocycles. The van der Waals surface area contributed by atoms with Crippen LogP contribution in [0.3, 0.4) is 0 Å². The number of hydrogen-bond donors (Lipinski definition) is 4. The lowest BCUT2D eigenvalue weighted by molar-refractivity contribution is -0.723. The molecule has 302 valence electrons. The minimum atomic E-state index is -3.85. The summed E-state index contributed by atoms with van der Waals surface area (Å²) in [4.78, 5) is 44.2. The Balaban J connectivity index is 1.45. The van der Waals surface area contributed by atoms with Crippen LogP contribution in [0, 0.1) is 11.8 Å². The zero-order chi connectivity index (χ0) is 39.4. The topological polar surface area (TPSA) is 170 Å². The third-order valence-electron chi connectivity index (χ3n) is 11.4. The molecule has 1 heterocycles. The highest BCUT2D eigenvalue weighted by atomic mass is 31.2. The molecule has 2 aromatic carbocycles. The fourth-order valence-electron chi connectivity index (χ4n) is 8.30. The molecule has 0 radical (unpaired) electrons. The lowest BCUT2D eigenvalue weighted by Crippen LogP contribution is -2.64. The molecule has 5 N–H and O–H groups in total. The van der Waals surface area contributed by atoms with Crippen molar-refractivity contribution in [3.63, 3.8) is 0 Å². The van der Waals surface area contributed by atoms with Gasteiger partial charge < -0.3 is 29.9 Å². The van der Waals surface area contributed by atoms with Crippen LogP contribution in [-0.2, 0) is 41.0 Å². The number of amides is 4. The second-order valence-electron chi connectivity index (χ2n) is 15.5. The molecular weight excluding hydrogens is 721 g/mol. The monoisotopic (exact) mass is 782 g/mol. The molecule has 4 amide bonds. The number of hydrogen-bond acceptors (Lipinski definition) is 11. The molecule has 2 fully saturated rings. The van der Waals surface area contributed by atoms with E-state index in [1.807, 2.05) is 72.5 Å². The van der Waals surface area contributed by atoms with E-state index in [2.05, 4.69) is 10.6 Å². The molecule has 0 bridgehead atoms. The molecule has 5 rings (SSSR count). The number of carbonyl (C=O) groups is 3. The lowest BCUT2D eigenvalue weighted by atomic mass is 9.84. The first-order valence-electron chi connectivity index (χ1n) is 19.8. The van der Waals surface area contributed by atoms with E-state index in [0.29, 0.717) is 43.9 Å². The second kappa shape index (κ2) is 20.2. The van der Waals surface area contributed by atoms with Crippen molar-refractivity contribution >= 4 is 25.4 Å². The molecule has 14 heteroatoms. The van der Waals surface area contributed by atoms with Crippen molar-refractivity contribution in [2.45, 2.75) is 115 Å². The number of urea groups is 1. The molecule has 5 atom stereocenters. The summed E-state index contributed by atoms with van der Waals surface area (Å²) < 4.78 is 29.3. The number of carbonyl (C=O) groups excluding carboxylic acids is 3. The maximum absolute atomic E-state index is 14.6. The number of aliphatic hydroxyl groups is 1. The Kier molecular flexibility index (Phi) is 15.8. The number of nitrogens with zero attached hydrogens (tertiary/aromatic N) is 2. The number of aliphatic hydroxyl groups excluding tert-OH is 1. The van der Waals surface area contributed by atoms with Gasteiger partial charge in [-0.25, -0.2) is 14.9 Å². The standard InChI is InChI=1S/C41H60N5O8P/c1-30(43-37(25-32-17-9-5-10-18-32)40(49)55(51,52-2)53-3)23-35-26-46(41(50)44-38(47)34-21-13-14-22-34,39(48)36(42)24-31-15-7-4-8-16-31)28-45(35)29-54-27-33-19-11-6-12-20-33/h4,6-8,11-12,15-16,19-20,26,30,32,34,36-37,40,43,49H,5,9-10,13-14,17-18,21-25,27-29,42H2,1-3H3/p+1/t30-,36+,37+,40?,46?/m1/s1. The molecule has 55 heavy (non-hydrogen) atoms. The minimum absolute atomic E-state index is 0.0508. The first-order chi connectivity index (χ1) is 26.5. The van der Waals surface area contributed by atoms with Crippen LogP contribution in [0.25, 0.3) is 0 Å². The maximum Gasteiger partial charge on any atom is 0.436 e. The fourth-order valence-corrected chi connectivity index (χ4v) is 9.53. The van der Waals surface area contributed by atoms with E-state index in [9.17, 15) is 24.1 Å². The van der Waals surface area contributed by atoms with E-state index in [-0.39, 0.29) is 37.7 Å². The highest BCUT2D eigenvalue weighted by Gasteiger charge is 2.53. The van der Waals surface area contributed by atoms with Crippen molar-refractivity contribution < 1.29 is 42.3 Å². The Bertz CT molecular complexity index is 1630. The average Bonchev–Trinajstić information content (AvgIpc) is 3.88. The van der Waals surface area contributed by atoms with Crippen LogP contribution in [-0.4, -0.2) is 83.9 Å². The number of rotatable bonds is 18. The summed E-state index contributed by atoms with van der Waals surface area (Å²) in [7, 11) is -1.32. The Hall–Kier alpha value is -3.26. The van der Waals surface area contributed by atoms with Crippen molar-refractivity contribution in [1.29, 1.82) is 0 Å². The molecule has 0 saturated heterocycles. The van der Waals surface area contributed by atoms with E-state index >= 15 is 0 Å². The number of quaternary nitrogens is 1. The van der Waals surface area contributed by atoms with Crippen LogP contribution in [0.1, 0.15) is 88.7 Å². The summed E-state index contributed by atoms with van der Waals surface area (Å²) in [5.41, 5.74) is 9.07. The Labute approximate surface area is 326 Å². The van der Waals surface area contributed by atoms with Crippen molar-refractivity contribution in [2.75, 3.05) is 27.6 Å². The van der Waals surface area contributed by atoms with Gasteiger partial charge in [-0.3, -0.25) is 14.3 Å². The molecule has 2 saturated carbocycles. The van der Waals surface area contributed by atoms with Gasteiger partial charge >= 0.3 is 19.5 Å². The molecule has 2 aromatic rings. The summed E-state index contributed by atoms with van der Waals surface area (Å²) in [6.45, 7) is 2.16. The molecule has 13 nitrogen and oxygen atoms in total. The van der Waals surface area contributed by atoms with Gasteiger partial charge in [-0.2, -0.15) is 0 Å². The highest BCUT2D eigenvalue weighted by molar-refractivity contribution is 7.54. The number of benzene rings is 2. The SMILES string of the molecule is COP(=O)(OC)C(O)[C@H](CC1CCCCC1)N[C@H](C)CC1=C[N+](C(=O)NC(=O)C2CCCC2)(C(=O)[C@@H](N)Cc2ccccc2)CN1COCc1ccccc1. The van der Waals surface area contributed by atoms with E-state index in [0.717, 1.165) is 49.7 Å². The largest absolute Gasteiger partial charge is 0.436 e. The van der Waals surface area contributed by atoms with Gasteiger partial charge in [0.15, 0.2) is 12.5 Å². The number of nitrogens with one attached hydrogen (secondary N) is 2. The van der Waals surface area contributed by atoms with Gasteiger partial charge in [0.2, 0.25) is 5.91 Å².